The van der Waals surface area contributed by atoms with Gasteiger partial charge in [-0.25, -0.2) is 19.6 Å². The lowest BCUT2D eigenvalue weighted by Crippen LogP contribution is -2.36. The van der Waals surface area contributed by atoms with Crippen LogP contribution < -0.4 is 10.6 Å². The zero-order valence-electron chi connectivity index (χ0n) is 18.7. The van der Waals surface area contributed by atoms with E-state index in [4.69, 9.17) is 15.5 Å². The predicted molar refractivity (Wildman–Crippen MR) is 127 cm³/mol. The molecule has 0 atom stereocenters. The Hall–Kier alpha value is -4.36. The van der Waals surface area contributed by atoms with E-state index in [9.17, 15) is 5.26 Å². The lowest BCUT2D eigenvalue weighted by atomic mass is 10.00. The van der Waals surface area contributed by atoms with E-state index in [0.717, 1.165) is 35.7 Å². The van der Waals surface area contributed by atoms with Crippen molar-refractivity contribution in [3.8, 4) is 28.7 Å². The first kappa shape index (κ1) is 21.5. The summed E-state index contributed by atoms with van der Waals surface area (Å²) in [6.07, 6.45) is 1.81. The van der Waals surface area contributed by atoms with Gasteiger partial charge >= 0.3 is 0 Å². The summed E-state index contributed by atoms with van der Waals surface area (Å²) in [5, 5.41) is 17.9. The third-order valence-electron chi connectivity index (χ3n) is 5.73. The number of benzene rings is 1. The second-order valence-corrected chi connectivity index (χ2v) is 7.97. The molecule has 10 nitrogen and oxygen atoms in total. The van der Waals surface area contributed by atoms with Gasteiger partial charge in [-0.05, 0) is 36.8 Å². The van der Waals surface area contributed by atoms with E-state index in [2.05, 4.69) is 31.2 Å². The molecule has 4 aromatic rings. The van der Waals surface area contributed by atoms with Crippen molar-refractivity contribution in [3.63, 3.8) is 0 Å². The highest BCUT2D eigenvalue weighted by molar-refractivity contribution is 5.71. The standard InChI is InChI=1S/C24H23N9O/c1-16-17(13-25)4-2-6-19(16)20-12-21(29-24(26)28-20)22-15-33(31-30-22)14-18-5-3-7-23(27-18)32-8-10-34-11-9-32/h2-7,12,15H,8-11,14H2,1H3,(H2,26,28,29). The van der Waals surface area contributed by atoms with Crippen LogP contribution in [0, 0.1) is 18.3 Å². The fourth-order valence-corrected chi connectivity index (χ4v) is 3.95. The summed E-state index contributed by atoms with van der Waals surface area (Å²) < 4.78 is 7.15. The molecule has 0 bridgehead atoms. The van der Waals surface area contributed by atoms with Crippen molar-refractivity contribution in [2.75, 3.05) is 36.9 Å². The van der Waals surface area contributed by atoms with Gasteiger partial charge < -0.3 is 15.4 Å². The number of rotatable bonds is 5. The fourth-order valence-electron chi connectivity index (χ4n) is 3.95. The van der Waals surface area contributed by atoms with Crippen molar-refractivity contribution >= 4 is 11.8 Å². The maximum Gasteiger partial charge on any atom is 0.221 e. The van der Waals surface area contributed by atoms with Crippen molar-refractivity contribution in [2.45, 2.75) is 13.5 Å². The number of nitrogen functional groups attached to an aromatic ring is 1. The minimum Gasteiger partial charge on any atom is -0.378 e. The summed E-state index contributed by atoms with van der Waals surface area (Å²) in [6.45, 7) is 5.45. The Kier molecular flexibility index (Phi) is 5.84. The molecule has 0 aliphatic carbocycles. The van der Waals surface area contributed by atoms with E-state index in [1.165, 1.54) is 0 Å². The van der Waals surface area contributed by atoms with E-state index < -0.39 is 0 Å². The van der Waals surface area contributed by atoms with Crippen LogP contribution in [0.5, 0.6) is 0 Å². The number of nitriles is 1. The Morgan fingerprint density at radius 3 is 2.65 bits per heavy atom. The van der Waals surface area contributed by atoms with Crippen LogP contribution in [0.1, 0.15) is 16.8 Å². The average molecular weight is 454 g/mol. The minimum absolute atomic E-state index is 0.128. The van der Waals surface area contributed by atoms with Gasteiger partial charge in [-0.2, -0.15) is 5.26 Å². The summed E-state index contributed by atoms with van der Waals surface area (Å²) in [5.41, 5.74) is 10.9. The van der Waals surface area contributed by atoms with Gasteiger partial charge in [0, 0.05) is 18.7 Å². The van der Waals surface area contributed by atoms with Gasteiger partial charge in [0.05, 0.1) is 54.7 Å². The van der Waals surface area contributed by atoms with Crippen LogP contribution in [0.3, 0.4) is 0 Å². The highest BCUT2D eigenvalue weighted by Gasteiger charge is 2.15. The molecule has 1 aliphatic rings. The first-order chi connectivity index (χ1) is 16.6. The first-order valence-corrected chi connectivity index (χ1v) is 10.9. The molecule has 0 amide bonds. The van der Waals surface area contributed by atoms with Crippen molar-refractivity contribution in [1.29, 1.82) is 5.26 Å². The summed E-state index contributed by atoms with van der Waals surface area (Å²) in [5.74, 6) is 1.06. The van der Waals surface area contributed by atoms with Crippen LogP contribution in [-0.4, -0.2) is 56.2 Å². The molecule has 1 fully saturated rings. The second kappa shape index (κ2) is 9.25. The lowest BCUT2D eigenvalue weighted by molar-refractivity contribution is 0.122. The molecule has 3 aromatic heterocycles. The Bertz CT molecular complexity index is 1370. The van der Waals surface area contributed by atoms with Crippen molar-refractivity contribution in [3.05, 3.63) is 65.5 Å². The number of nitrogens with zero attached hydrogens (tertiary/aromatic N) is 8. The van der Waals surface area contributed by atoms with E-state index in [1.54, 1.807) is 10.7 Å². The molecule has 0 spiro atoms. The maximum atomic E-state index is 9.35. The molecule has 0 unspecified atom stereocenters. The van der Waals surface area contributed by atoms with Crippen LogP contribution in [0.2, 0.25) is 0 Å². The third kappa shape index (κ3) is 4.42. The molecule has 170 valence electrons. The van der Waals surface area contributed by atoms with Gasteiger partial charge in [0.2, 0.25) is 5.95 Å². The molecule has 0 radical (unpaired) electrons. The quantitative estimate of drug-likeness (QED) is 0.484. The normalized spacial score (nSPS) is 13.6. The molecule has 0 saturated carbocycles. The topological polar surface area (TPSA) is 132 Å². The number of aromatic nitrogens is 6. The van der Waals surface area contributed by atoms with Gasteiger partial charge in [0.15, 0.2) is 0 Å². The number of pyridine rings is 1. The Morgan fingerprint density at radius 1 is 1.03 bits per heavy atom. The number of ether oxygens (including phenoxy) is 1. The predicted octanol–water partition coefficient (Wildman–Crippen LogP) is 2.44. The first-order valence-electron chi connectivity index (χ1n) is 10.9. The third-order valence-corrected chi connectivity index (χ3v) is 5.73. The minimum atomic E-state index is 0.128. The fraction of sp³-hybridized carbons (Fsp3) is 0.250. The molecule has 1 aliphatic heterocycles. The van der Waals surface area contributed by atoms with Gasteiger partial charge in [0.1, 0.15) is 11.5 Å². The zero-order chi connectivity index (χ0) is 23.5. The molecule has 1 aromatic carbocycles. The van der Waals surface area contributed by atoms with Gasteiger partial charge in [-0.15, -0.1) is 5.10 Å². The van der Waals surface area contributed by atoms with Gasteiger partial charge in [-0.3, -0.25) is 0 Å². The van der Waals surface area contributed by atoms with Crippen LogP contribution in [0.25, 0.3) is 22.6 Å². The highest BCUT2D eigenvalue weighted by Crippen LogP contribution is 2.27. The summed E-state index contributed by atoms with van der Waals surface area (Å²) in [4.78, 5) is 15.7. The maximum absolute atomic E-state index is 9.35. The molecule has 1 saturated heterocycles. The largest absolute Gasteiger partial charge is 0.378 e. The number of anilines is 2. The number of nitrogens with two attached hydrogens (primary N) is 1. The van der Waals surface area contributed by atoms with E-state index in [-0.39, 0.29) is 5.95 Å². The zero-order valence-corrected chi connectivity index (χ0v) is 18.7. The number of hydrogen-bond donors (Lipinski definition) is 1. The van der Waals surface area contributed by atoms with Crippen LogP contribution in [-0.2, 0) is 11.3 Å². The Balaban J connectivity index is 1.40. The SMILES string of the molecule is Cc1c(C#N)cccc1-c1cc(-c2cn(Cc3cccc(N4CCOCC4)n3)nn2)nc(N)n1. The average Bonchev–Trinajstić information content (AvgIpc) is 3.33. The van der Waals surface area contributed by atoms with Crippen LogP contribution in [0.4, 0.5) is 11.8 Å². The molecule has 2 N–H and O–H groups in total. The molecule has 5 rings (SSSR count). The summed E-state index contributed by atoms with van der Waals surface area (Å²) in [6, 6.07) is 15.5. The van der Waals surface area contributed by atoms with E-state index in [1.807, 2.05) is 49.5 Å². The number of hydrogen-bond acceptors (Lipinski definition) is 9. The summed E-state index contributed by atoms with van der Waals surface area (Å²) >= 11 is 0. The van der Waals surface area contributed by atoms with Crippen LogP contribution >= 0.6 is 0 Å². The van der Waals surface area contributed by atoms with E-state index >= 15 is 0 Å². The van der Waals surface area contributed by atoms with Crippen LogP contribution in [0.15, 0.2) is 48.7 Å². The second-order valence-electron chi connectivity index (χ2n) is 7.97. The van der Waals surface area contributed by atoms with E-state index in [0.29, 0.717) is 42.4 Å². The molecule has 34 heavy (non-hydrogen) atoms. The number of morpholine rings is 1. The van der Waals surface area contributed by atoms with Crippen molar-refractivity contribution < 1.29 is 4.74 Å². The molecule has 4 heterocycles. The monoisotopic (exact) mass is 453 g/mol. The molecule has 10 heteroatoms. The Labute approximate surface area is 196 Å². The highest BCUT2D eigenvalue weighted by atomic mass is 16.5. The summed E-state index contributed by atoms with van der Waals surface area (Å²) in [7, 11) is 0. The van der Waals surface area contributed by atoms with Gasteiger partial charge in [-0.1, -0.05) is 23.4 Å². The molecular formula is C24H23N9O. The Morgan fingerprint density at radius 2 is 1.82 bits per heavy atom. The van der Waals surface area contributed by atoms with Crippen molar-refractivity contribution in [1.82, 2.24) is 29.9 Å². The lowest BCUT2D eigenvalue weighted by Gasteiger charge is -2.28. The molecular weight excluding hydrogens is 430 g/mol. The van der Waals surface area contributed by atoms with Gasteiger partial charge in [0.25, 0.3) is 0 Å². The smallest absolute Gasteiger partial charge is 0.221 e. The van der Waals surface area contributed by atoms with Crippen molar-refractivity contribution in [2.24, 2.45) is 0 Å².